The van der Waals surface area contributed by atoms with Crippen LogP contribution in [0.25, 0.3) is 0 Å². The molecule has 0 aliphatic heterocycles. The van der Waals surface area contributed by atoms with E-state index in [1.165, 1.54) is 250 Å². The summed E-state index contributed by atoms with van der Waals surface area (Å²) in [6, 6.07) is 0. The van der Waals surface area contributed by atoms with Crippen LogP contribution in [-0.4, -0.2) is 37.2 Å². The Morgan fingerprint density at radius 1 is 0.242 bits per heavy atom. The van der Waals surface area contributed by atoms with Gasteiger partial charge >= 0.3 is 17.9 Å². The second-order valence-electron chi connectivity index (χ2n) is 20.6. The van der Waals surface area contributed by atoms with Crippen LogP contribution >= 0.6 is 0 Å². The van der Waals surface area contributed by atoms with E-state index in [0.717, 1.165) is 57.8 Å². The summed E-state index contributed by atoms with van der Waals surface area (Å²) in [5.74, 6) is -0.846. The Morgan fingerprint density at radius 2 is 0.409 bits per heavy atom. The summed E-state index contributed by atoms with van der Waals surface area (Å²) >= 11 is 0. The summed E-state index contributed by atoms with van der Waals surface area (Å²) in [6.07, 6.45) is 62.9. The fourth-order valence-electron chi connectivity index (χ4n) is 9.33. The highest BCUT2D eigenvalue weighted by molar-refractivity contribution is 5.71. The first-order chi connectivity index (χ1) is 32.5. The monoisotopic (exact) mass is 933 g/mol. The minimum Gasteiger partial charge on any atom is -0.462 e. The number of hydrogen-bond acceptors (Lipinski definition) is 6. The summed E-state index contributed by atoms with van der Waals surface area (Å²) in [5.41, 5.74) is 0. The van der Waals surface area contributed by atoms with Crippen molar-refractivity contribution in [1.29, 1.82) is 0 Å². The summed E-state index contributed by atoms with van der Waals surface area (Å²) in [6.45, 7) is 6.65. The molecule has 0 radical (unpaired) electrons. The van der Waals surface area contributed by atoms with Gasteiger partial charge in [0.15, 0.2) is 6.10 Å². The van der Waals surface area contributed by atoms with Gasteiger partial charge in [-0.15, -0.1) is 0 Å². The molecule has 0 fully saturated rings. The molecule has 1 atom stereocenters. The standard InChI is InChI=1S/C60H116O6/c1-4-7-10-13-16-18-20-22-23-24-25-26-27-28-29-30-31-32-33-34-35-36-37-38-40-41-44-47-50-53-59(62)65-56-57(55-64-58(61)52-49-46-43-15-12-9-6-3)66-60(63)54-51-48-45-42-39-21-19-17-14-11-8-5-2/h57H,4-56H2,1-3H3. The predicted molar refractivity (Wildman–Crippen MR) is 284 cm³/mol. The number of ether oxygens (including phenoxy) is 3. The lowest BCUT2D eigenvalue weighted by atomic mass is 10.0. The van der Waals surface area contributed by atoms with Crippen LogP contribution in [0.2, 0.25) is 0 Å². The molecular weight excluding hydrogens is 817 g/mol. The van der Waals surface area contributed by atoms with Crippen molar-refractivity contribution in [2.75, 3.05) is 13.2 Å². The summed E-state index contributed by atoms with van der Waals surface area (Å²) in [5, 5.41) is 0. The van der Waals surface area contributed by atoms with Gasteiger partial charge in [0.25, 0.3) is 0 Å². The summed E-state index contributed by atoms with van der Waals surface area (Å²) in [4.78, 5) is 37.8. The highest BCUT2D eigenvalue weighted by atomic mass is 16.6. The van der Waals surface area contributed by atoms with E-state index >= 15 is 0 Å². The molecular formula is C60H116O6. The normalized spacial score (nSPS) is 11.9. The van der Waals surface area contributed by atoms with Gasteiger partial charge in [-0.3, -0.25) is 14.4 Å². The van der Waals surface area contributed by atoms with Crippen LogP contribution in [0.1, 0.15) is 348 Å². The number of carbonyl (C=O) groups excluding carboxylic acids is 3. The van der Waals surface area contributed by atoms with Gasteiger partial charge in [0, 0.05) is 19.3 Å². The van der Waals surface area contributed by atoms with Gasteiger partial charge in [-0.05, 0) is 19.3 Å². The Balaban J connectivity index is 3.93. The molecule has 392 valence electrons. The van der Waals surface area contributed by atoms with Crippen LogP contribution in [0.4, 0.5) is 0 Å². The molecule has 1 unspecified atom stereocenters. The molecule has 0 heterocycles. The van der Waals surface area contributed by atoms with Gasteiger partial charge in [0.05, 0.1) is 0 Å². The second kappa shape index (κ2) is 56.0. The summed E-state index contributed by atoms with van der Waals surface area (Å²) in [7, 11) is 0. The van der Waals surface area contributed by atoms with Crippen molar-refractivity contribution in [3.05, 3.63) is 0 Å². The zero-order chi connectivity index (χ0) is 47.9. The van der Waals surface area contributed by atoms with E-state index in [2.05, 4.69) is 20.8 Å². The Morgan fingerprint density at radius 3 is 0.606 bits per heavy atom. The van der Waals surface area contributed by atoms with Gasteiger partial charge in [0.2, 0.25) is 0 Å². The minimum atomic E-state index is -0.759. The first-order valence-electron chi connectivity index (χ1n) is 30.0. The van der Waals surface area contributed by atoms with Gasteiger partial charge in [0.1, 0.15) is 13.2 Å². The van der Waals surface area contributed by atoms with E-state index in [1.807, 2.05) is 0 Å². The van der Waals surface area contributed by atoms with Crippen molar-refractivity contribution in [3.8, 4) is 0 Å². The number of unbranched alkanes of at least 4 members (excludes halogenated alkanes) is 45. The summed E-state index contributed by atoms with van der Waals surface area (Å²) < 4.78 is 16.8. The lowest BCUT2D eigenvalue weighted by Crippen LogP contribution is -2.30. The molecule has 0 bridgehead atoms. The Bertz CT molecular complexity index is 982. The Hall–Kier alpha value is -1.59. The number of rotatable bonds is 56. The molecule has 0 aromatic heterocycles. The lowest BCUT2D eigenvalue weighted by molar-refractivity contribution is -0.167. The SMILES string of the molecule is CCCCCCCCCCCCCCCCCCCCCCCCCCCCCCCC(=O)OCC(COC(=O)CCCCCCCCC)OC(=O)CCCCCCCCCCCCCC. The highest BCUT2D eigenvalue weighted by Gasteiger charge is 2.19. The van der Waals surface area contributed by atoms with Crippen molar-refractivity contribution < 1.29 is 28.6 Å². The van der Waals surface area contributed by atoms with E-state index < -0.39 is 6.10 Å². The van der Waals surface area contributed by atoms with Gasteiger partial charge in [-0.25, -0.2) is 0 Å². The third-order valence-corrected chi connectivity index (χ3v) is 13.9. The highest BCUT2D eigenvalue weighted by Crippen LogP contribution is 2.18. The molecule has 0 saturated carbocycles. The molecule has 0 aliphatic carbocycles. The molecule has 0 N–H and O–H groups in total. The molecule has 0 saturated heterocycles. The molecule has 0 aliphatic rings. The number of carbonyl (C=O) groups is 3. The second-order valence-corrected chi connectivity index (χ2v) is 20.6. The molecule has 6 nitrogen and oxygen atoms in total. The molecule has 0 aromatic rings. The molecule has 0 amide bonds. The zero-order valence-corrected chi connectivity index (χ0v) is 45.0. The van der Waals surface area contributed by atoms with Crippen LogP contribution in [0.15, 0.2) is 0 Å². The van der Waals surface area contributed by atoms with Crippen LogP contribution in [-0.2, 0) is 28.6 Å². The number of hydrogen-bond donors (Lipinski definition) is 0. The van der Waals surface area contributed by atoms with E-state index in [0.29, 0.717) is 19.3 Å². The Kier molecular flexibility index (Phi) is 54.7. The average Bonchev–Trinajstić information content (AvgIpc) is 3.31. The minimum absolute atomic E-state index is 0.0622. The number of esters is 3. The molecule has 6 heteroatoms. The maximum Gasteiger partial charge on any atom is 0.306 e. The molecule has 0 rings (SSSR count). The van der Waals surface area contributed by atoms with Crippen molar-refractivity contribution in [1.82, 2.24) is 0 Å². The average molecular weight is 934 g/mol. The fraction of sp³-hybridized carbons (Fsp3) is 0.950. The maximum atomic E-state index is 12.8. The largest absolute Gasteiger partial charge is 0.462 e. The topological polar surface area (TPSA) is 78.9 Å². The van der Waals surface area contributed by atoms with Gasteiger partial charge in [-0.1, -0.05) is 310 Å². The van der Waals surface area contributed by atoms with E-state index in [-0.39, 0.29) is 31.1 Å². The predicted octanol–water partition coefficient (Wildman–Crippen LogP) is 19.9. The Labute approximate surface area is 412 Å². The smallest absolute Gasteiger partial charge is 0.306 e. The van der Waals surface area contributed by atoms with Gasteiger partial charge in [-0.2, -0.15) is 0 Å². The third kappa shape index (κ3) is 53.4. The van der Waals surface area contributed by atoms with E-state index in [9.17, 15) is 14.4 Å². The lowest BCUT2D eigenvalue weighted by Gasteiger charge is -2.18. The third-order valence-electron chi connectivity index (χ3n) is 13.9. The van der Waals surface area contributed by atoms with Crippen molar-refractivity contribution in [2.24, 2.45) is 0 Å². The van der Waals surface area contributed by atoms with Crippen LogP contribution in [0.3, 0.4) is 0 Å². The van der Waals surface area contributed by atoms with Crippen LogP contribution in [0, 0.1) is 0 Å². The molecule has 66 heavy (non-hydrogen) atoms. The van der Waals surface area contributed by atoms with Gasteiger partial charge < -0.3 is 14.2 Å². The first-order valence-corrected chi connectivity index (χ1v) is 30.0. The fourth-order valence-corrected chi connectivity index (χ4v) is 9.33. The van der Waals surface area contributed by atoms with Crippen molar-refractivity contribution in [2.45, 2.75) is 354 Å². The quantitative estimate of drug-likeness (QED) is 0.0343. The van der Waals surface area contributed by atoms with Crippen LogP contribution in [0.5, 0.6) is 0 Å². The molecule has 0 spiro atoms. The first kappa shape index (κ1) is 64.4. The van der Waals surface area contributed by atoms with E-state index in [4.69, 9.17) is 14.2 Å². The zero-order valence-electron chi connectivity index (χ0n) is 45.0. The van der Waals surface area contributed by atoms with Crippen molar-refractivity contribution >= 4 is 17.9 Å². The molecule has 0 aromatic carbocycles. The van der Waals surface area contributed by atoms with Crippen molar-refractivity contribution in [3.63, 3.8) is 0 Å². The maximum absolute atomic E-state index is 12.8. The van der Waals surface area contributed by atoms with E-state index in [1.54, 1.807) is 0 Å². The van der Waals surface area contributed by atoms with Crippen LogP contribution < -0.4 is 0 Å².